The molecule has 1 saturated heterocycles. The fourth-order valence-electron chi connectivity index (χ4n) is 6.48. The maximum absolute atomic E-state index is 14.3. The van der Waals surface area contributed by atoms with Gasteiger partial charge in [-0.15, -0.1) is 0 Å². The monoisotopic (exact) mass is 592 g/mol. The zero-order valence-electron chi connectivity index (χ0n) is 26.4. The molecule has 0 spiro atoms. The Morgan fingerprint density at radius 1 is 1.11 bits per heavy atom. The third-order valence-corrected chi connectivity index (χ3v) is 8.88. The maximum atomic E-state index is 14.3. The lowest BCUT2D eigenvalue weighted by Gasteiger charge is -2.40. The molecule has 4 aromatic rings. The predicted molar refractivity (Wildman–Crippen MR) is 174 cm³/mol. The average molecular weight is 593 g/mol. The third kappa shape index (κ3) is 5.04. The lowest BCUT2D eigenvalue weighted by molar-refractivity contribution is -0.126. The van der Waals surface area contributed by atoms with Gasteiger partial charge in [-0.25, -0.2) is 14.3 Å². The van der Waals surface area contributed by atoms with E-state index in [1.807, 2.05) is 38.1 Å². The molecule has 1 aliphatic heterocycles. The predicted octanol–water partition coefficient (Wildman–Crippen LogP) is 5.69. The van der Waals surface area contributed by atoms with Gasteiger partial charge in [-0.2, -0.15) is 4.98 Å². The molecular formula is C35H40N6O3. The number of rotatable bonds is 7. The Balaban J connectivity index is 1.68. The van der Waals surface area contributed by atoms with E-state index in [2.05, 4.69) is 38.3 Å². The third-order valence-electron chi connectivity index (χ3n) is 8.88. The number of para-hydroxylation sites is 1. The van der Waals surface area contributed by atoms with Gasteiger partial charge in [0.2, 0.25) is 5.91 Å². The largest absolute Gasteiger partial charge is 0.496 e. The molecular weight excluding hydrogens is 552 g/mol. The molecule has 9 nitrogen and oxygen atoms in total. The summed E-state index contributed by atoms with van der Waals surface area (Å²) in [5.74, 6) is 1.73. The molecule has 4 heterocycles. The molecule has 0 unspecified atom stereocenters. The van der Waals surface area contributed by atoms with Gasteiger partial charge in [-0.3, -0.25) is 9.78 Å². The highest BCUT2D eigenvalue weighted by molar-refractivity contribution is 5.93. The molecule has 1 aromatic carbocycles. The first kappa shape index (κ1) is 29.5. The highest BCUT2D eigenvalue weighted by atomic mass is 16.5. The van der Waals surface area contributed by atoms with E-state index in [1.165, 1.54) is 6.08 Å². The molecule has 9 heteroatoms. The van der Waals surface area contributed by atoms with Crippen molar-refractivity contribution in [2.45, 2.75) is 65.3 Å². The van der Waals surface area contributed by atoms with Crippen molar-refractivity contribution in [3.63, 3.8) is 0 Å². The maximum Gasteiger partial charge on any atom is 0.355 e. The summed E-state index contributed by atoms with van der Waals surface area (Å²) in [6.45, 7) is 15.5. The lowest BCUT2D eigenvalue weighted by atomic mass is 9.98. The standard InChI is InChI=1S/C35H40N6O3/c1-8-28(42)39-16-17-40(23(6)19-39)33-27-18-26(24-12-13-24)30(25-11-9-10-22(5)32(25)44-7)37-34(27)41(35(43)38-33)31-21(4)14-15-36-29(31)20(2)3/h8-11,14-15,18,20,23-24H,1,12-13,16-17,19H2,2-7H3/t23-/m0/s1. The van der Waals surface area contributed by atoms with Gasteiger partial charge >= 0.3 is 5.69 Å². The van der Waals surface area contributed by atoms with E-state index in [9.17, 15) is 9.59 Å². The number of aryl methyl sites for hydroxylation is 2. The molecule has 1 atom stereocenters. The minimum absolute atomic E-state index is 0.0640. The first-order valence-corrected chi connectivity index (χ1v) is 15.4. The van der Waals surface area contributed by atoms with Crippen molar-refractivity contribution >= 4 is 22.8 Å². The normalized spacial score (nSPS) is 16.9. The van der Waals surface area contributed by atoms with Crippen LogP contribution in [0.3, 0.4) is 0 Å². The smallest absolute Gasteiger partial charge is 0.355 e. The zero-order valence-corrected chi connectivity index (χ0v) is 26.4. The number of pyridine rings is 2. The van der Waals surface area contributed by atoms with Gasteiger partial charge in [-0.05, 0) is 86.4 Å². The van der Waals surface area contributed by atoms with Crippen LogP contribution < -0.4 is 15.3 Å². The minimum atomic E-state index is -0.406. The number of aromatic nitrogens is 4. The van der Waals surface area contributed by atoms with Crippen molar-refractivity contribution in [3.05, 3.63) is 82.1 Å². The summed E-state index contributed by atoms with van der Waals surface area (Å²) in [6, 6.07) is 10.2. The van der Waals surface area contributed by atoms with Crippen molar-refractivity contribution in [3.8, 4) is 22.7 Å². The second-order valence-corrected chi connectivity index (χ2v) is 12.3. The van der Waals surface area contributed by atoms with E-state index in [0.717, 1.165) is 63.3 Å². The Morgan fingerprint density at radius 2 is 1.89 bits per heavy atom. The van der Waals surface area contributed by atoms with Crippen LogP contribution in [-0.2, 0) is 4.79 Å². The second-order valence-electron chi connectivity index (χ2n) is 12.3. The summed E-state index contributed by atoms with van der Waals surface area (Å²) in [6.07, 6.45) is 5.30. The quantitative estimate of drug-likeness (QED) is 0.255. The van der Waals surface area contributed by atoms with E-state index < -0.39 is 5.69 Å². The summed E-state index contributed by atoms with van der Waals surface area (Å²) in [7, 11) is 1.69. The van der Waals surface area contributed by atoms with Crippen LogP contribution in [0.25, 0.3) is 28.0 Å². The van der Waals surface area contributed by atoms with Crippen LogP contribution >= 0.6 is 0 Å². The van der Waals surface area contributed by atoms with Crippen LogP contribution in [0.15, 0.2) is 54.0 Å². The average Bonchev–Trinajstić information content (AvgIpc) is 3.85. The van der Waals surface area contributed by atoms with E-state index >= 15 is 0 Å². The number of hydrogen-bond acceptors (Lipinski definition) is 7. The van der Waals surface area contributed by atoms with E-state index in [4.69, 9.17) is 19.7 Å². The van der Waals surface area contributed by atoms with Crippen LogP contribution in [0.1, 0.15) is 67.8 Å². The Labute approximate surface area is 258 Å². The molecule has 2 fully saturated rings. The Hall–Kier alpha value is -4.53. The summed E-state index contributed by atoms with van der Waals surface area (Å²) >= 11 is 0. The molecule has 0 radical (unpaired) electrons. The molecule has 1 aliphatic carbocycles. The number of amides is 1. The summed E-state index contributed by atoms with van der Waals surface area (Å²) < 4.78 is 7.55. The number of fused-ring (bicyclic) bond motifs is 1. The Bertz CT molecular complexity index is 1840. The number of anilines is 1. The van der Waals surface area contributed by atoms with Crippen LogP contribution in [0, 0.1) is 13.8 Å². The van der Waals surface area contributed by atoms with Crippen molar-refractivity contribution in [1.29, 1.82) is 0 Å². The highest BCUT2D eigenvalue weighted by Gasteiger charge is 2.33. The number of methoxy groups -OCH3 is 1. The molecule has 0 N–H and O–H groups in total. The molecule has 2 aliphatic rings. The van der Waals surface area contributed by atoms with Crippen LogP contribution in [-0.4, -0.2) is 63.1 Å². The van der Waals surface area contributed by atoms with Crippen LogP contribution in [0.2, 0.25) is 0 Å². The van der Waals surface area contributed by atoms with Gasteiger partial charge in [-0.1, -0.05) is 32.6 Å². The molecule has 1 amide bonds. The number of nitrogens with zero attached hydrogens (tertiary/aromatic N) is 6. The fraction of sp³-hybridized carbons (Fsp3) is 0.400. The Morgan fingerprint density at radius 3 is 2.55 bits per heavy atom. The highest BCUT2D eigenvalue weighted by Crippen LogP contribution is 2.47. The lowest BCUT2D eigenvalue weighted by Crippen LogP contribution is -2.54. The molecule has 44 heavy (non-hydrogen) atoms. The van der Waals surface area contributed by atoms with E-state index in [-0.39, 0.29) is 17.9 Å². The second kappa shape index (κ2) is 11.5. The van der Waals surface area contributed by atoms with Crippen molar-refractivity contribution in [2.75, 3.05) is 31.6 Å². The van der Waals surface area contributed by atoms with E-state index in [0.29, 0.717) is 37.0 Å². The fourth-order valence-corrected chi connectivity index (χ4v) is 6.48. The van der Waals surface area contributed by atoms with Crippen LogP contribution in [0.5, 0.6) is 5.75 Å². The number of piperazine rings is 1. The Kier molecular flexibility index (Phi) is 7.73. The summed E-state index contributed by atoms with van der Waals surface area (Å²) in [5, 5.41) is 0.815. The van der Waals surface area contributed by atoms with Gasteiger partial charge < -0.3 is 14.5 Å². The van der Waals surface area contributed by atoms with Crippen molar-refractivity contribution in [1.82, 2.24) is 24.4 Å². The number of carbonyl (C=O) groups excluding carboxylic acids is 1. The number of carbonyl (C=O) groups is 1. The van der Waals surface area contributed by atoms with Gasteiger partial charge in [0.1, 0.15) is 11.6 Å². The zero-order chi connectivity index (χ0) is 31.3. The number of ether oxygens (including phenoxy) is 1. The molecule has 6 rings (SSSR count). The number of benzene rings is 1. The molecule has 228 valence electrons. The van der Waals surface area contributed by atoms with Crippen LogP contribution in [0.4, 0.5) is 5.82 Å². The SMILES string of the molecule is C=CC(=O)N1CCN(c2nc(=O)n(-c3c(C)ccnc3C(C)C)c3nc(-c4cccc(C)c4OC)c(C4CC4)cc23)[C@@H](C)C1. The first-order chi connectivity index (χ1) is 21.1. The molecule has 3 aromatic heterocycles. The summed E-state index contributed by atoms with van der Waals surface area (Å²) in [5.41, 5.74) is 6.49. The number of hydrogen-bond donors (Lipinski definition) is 0. The van der Waals surface area contributed by atoms with Crippen molar-refractivity contribution in [2.24, 2.45) is 0 Å². The minimum Gasteiger partial charge on any atom is -0.496 e. The van der Waals surface area contributed by atoms with Gasteiger partial charge in [0.25, 0.3) is 0 Å². The van der Waals surface area contributed by atoms with Gasteiger partial charge in [0.05, 0.1) is 29.6 Å². The summed E-state index contributed by atoms with van der Waals surface area (Å²) in [4.78, 5) is 45.5. The van der Waals surface area contributed by atoms with E-state index in [1.54, 1.807) is 22.8 Å². The van der Waals surface area contributed by atoms with Gasteiger partial charge in [0, 0.05) is 37.4 Å². The molecule has 0 bridgehead atoms. The first-order valence-electron chi connectivity index (χ1n) is 15.4. The topological polar surface area (TPSA) is 93.5 Å². The molecule has 1 saturated carbocycles. The van der Waals surface area contributed by atoms with Crippen molar-refractivity contribution < 1.29 is 9.53 Å². The van der Waals surface area contributed by atoms with Gasteiger partial charge in [0.15, 0.2) is 5.65 Å².